The van der Waals surface area contributed by atoms with Crippen LogP contribution >= 0.6 is 0 Å². The molecule has 1 aromatic heterocycles. The van der Waals surface area contributed by atoms with E-state index in [9.17, 15) is 18.8 Å². The summed E-state index contributed by atoms with van der Waals surface area (Å²) in [6.45, 7) is 1.85. The molecule has 168 valence electrons. The number of rotatable bonds is 4. The first-order valence-corrected chi connectivity index (χ1v) is 10.3. The zero-order valence-electron chi connectivity index (χ0n) is 18.4. The highest BCUT2D eigenvalue weighted by molar-refractivity contribution is 6.06. The minimum atomic E-state index is -0.737. The summed E-state index contributed by atoms with van der Waals surface area (Å²) < 4.78 is 14.9. The van der Waals surface area contributed by atoms with Crippen LogP contribution in [0.5, 0.6) is 0 Å². The largest absolute Gasteiger partial charge is 0.327 e. The number of carbonyl (C=O) groups excluding carboxylic acids is 2. The first-order valence-electron chi connectivity index (χ1n) is 10.3. The fourth-order valence-corrected chi connectivity index (χ4v) is 3.69. The molecule has 2 aromatic carbocycles. The van der Waals surface area contributed by atoms with Gasteiger partial charge in [-0.05, 0) is 53.9 Å². The number of urea groups is 1. The molecule has 33 heavy (non-hydrogen) atoms. The Labute approximate surface area is 190 Å². The van der Waals surface area contributed by atoms with Gasteiger partial charge in [0.1, 0.15) is 5.82 Å². The lowest BCUT2D eigenvalue weighted by atomic mass is 9.96. The minimum absolute atomic E-state index is 0.144. The van der Waals surface area contributed by atoms with Crippen molar-refractivity contribution < 1.29 is 14.0 Å². The van der Waals surface area contributed by atoms with E-state index in [4.69, 9.17) is 0 Å². The highest BCUT2D eigenvalue weighted by Gasteiger charge is 2.30. The van der Waals surface area contributed by atoms with Crippen LogP contribution in [-0.2, 0) is 11.8 Å². The van der Waals surface area contributed by atoms with Crippen LogP contribution in [-0.4, -0.2) is 28.5 Å². The second-order valence-corrected chi connectivity index (χ2v) is 7.95. The summed E-state index contributed by atoms with van der Waals surface area (Å²) in [7, 11) is 3.22. The first kappa shape index (κ1) is 22.0. The summed E-state index contributed by atoms with van der Waals surface area (Å²) in [4.78, 5) is 39.3. The van der Waals surface area contributed by atoms with Crippen molar-refractivity contribution in [2.24, 2.45) is 7.05 Å². The molecule has 0 saturated heterocycles. The smallest absolute Gasteiger partial charge is 0.321 e. The number of aryl methyl sites for hydroxylation is 2. The predicted molar refractivity (Wildman–Crippen MR) is 124 cm³/mol. The number of nitrogens with one attached hydrogen (secondary N) is 2. The van der Waals surface area contributed by atoms with E-state index in [1.165, 1.54) is 39.9 Å². The summed E-state index contributed by atoms with van der Waals surface area (Å²) in [5.74, 6) is -0.829. The molecule has 2 N–H and O–H groups in total. The lowest BCUT2D eigenvalue weighted by Gasteiger charge is -2.30. The zero-order valence-corrected chi connectivity index (χ0v) is 18.4. The lowest BCUT2D eigenvalue weighted by molar-refractivity contribution is -0.113. The van der Waals surface area contributed by atoms with Crippen LogP contribution < -0.4 is 16.2 Å². The quantitative estimate of drug-likeness (QED) is 0.641. The molecule has 0 bridgehead atoms. The van der Waals surface area contributed by atoms with Crippen molar-refractivity contribution in [2.45, 2.75) is 13.0 Å². The van der Waals surface area contributed by atoms with Crippen molar-refractivity contribution in [2.75, 3.05) is 12.4 Å². The first-order chi connectivity index (χ1) is 15.7. The Balaban J connectivity index is 1.68. The van der Waals surface area contributed by atoms with Crippen LogP contribution in [0.4, 0.5) is 14.9 Å². The molecular weight excluding hydrogens is 423 g/mol. The lowest BCUT2D eigenvalue weighted by Crippen LogP contribution is -2.44. The van der Waals surface area contributed by atoms with Crippen molar-refractivity contribution in [3.8, 4) is 11.1 Å². The molecule has 4 rings (SSSR count). The summed E-state index contributed by atoms with van der Waals surface area (Å²) in [6.07, 6.45) is 3.15. The maximum Gasteiger partial charge on any atom is 0.321 e. The molecule has 8 heteroatoms. The Morgan fingerprint density at radius 1 is 1.06 bits per heavy atom. The number of amides is 3. The zero-order chi connectivity index (χ0) is 23.7. The Hall–Kier alpha value is -4.20. The average Bonchev–Trinajstić information content (AvgIpc) is 2.79. The van der Waals surface area contributed by atoms with Gasteiger partial charge in [-0.2, -0.15) is 0 Å². The van der Waals surface area contributed by atoms with Crippen LogP contribution in [0.3, 0.4) is 0 Å². The SMILES string of the molecule is Cc1ccc(-c2cccn(C)c2=O)cc1NC(=O)C1=CN(C)C(=O)N[C@H]1c1ccc(F)cc1. The molecule has 3 aromatic rings. The van der Waals surface area contributed by atoms with E-state index in [1.54, 1.807) is 38.5 Å². The number of nitrogens with zero attached hydrogens (tertiary/aromatic N) is 2. The molecule has 1 aliphatic heterocycles. The number of benzene rings is 2. The van der Waals surface area contributed by atoms with Gasteiger partial charge in [-0.1, -0.05) is 24.3 Å². The van der Waals surface area contributed by atoms with Crippen LogP contribution in [0, 0.1) is 12.7 Å². The van der Waals surface area contributed by atoms with Gasteiger partial charge in [0.05, 0.1) is 11.6 Å². The number of hydrogen-bond acceptors (Lipinski definition) is 3. The molecule has 0 aliphatic carbocycles. The number of carbonyl (C=O) groups is 2. The fraction of sp³-hybridized carbons (Fsp3) is 0.160. The average molecular weight is 446 g/mol. The number of anilines is 1. The van der Waals surface area contributed by atoms with Crippen LogP contribution in [0.2, 0.25) is 0 Å². The fourth-order valence-electron chi connectivity index (χ4n) is 3.69. The molecular formula is C25H23FN4O3. The molecule has 0 fully saturated rings. The topological polar surface area (TPSA) is 83.4 Å². The van der Waals surface area contributed by atoms with Crippen LogP contribution in [0.15, 0.2) is 77.4 Å². The molecule has 3 amide bonds. The van der Waals surface area contributed by atoms with Gasteiger partial charge >= 0.3 is 6.03 Å². The van der Waals surface area contributed by atoms with E-state index in [-0.39, 0.29) is 11.6 Å². The summed E-state index contributed by atoms with van der Waals surface area (Å²) in [5.41, 5.74) is 3.28. The normalized spacial score (nSPS) is 15.6. The van der Waals surface area contributed by atoms with Gasteiger partial charge in [0.25, 0.3) is 11.5 Å². The maximum absolute atomic E-state index is 13.4. The Morgan fingerprint density at radius 3 is 2.52 bits per heavy atom. The third-order valence-corrected chi connectivity index (χ3v) is 5.62. The van der Waals surface area contributed by atoms with Gasteiger partial charge < -0.3 is 20.1 Å². The highest BCUT2D eigenvalue weighted by atomic mass is 19.1. The van der Waals surface area contributed by atoms with Gasteiger partial charge in [0, 0.05) is 37.7 Å². The van der Waals surface area contributed by atoms with E-state index in [0.717, 1.165) is 5.56 Å². The van der Waals surface area contributed by atoms with E-state index < -0.39 is 17.8 Å². The molecule has 0 radical (unpaired) electrons. The third kappa shape index (κ3) is 4.41. The summed E-state index contributed by atoms with van der Waals surface area (Å²) in [6, 6.07) is 13.4. The van der Waals surface area contributed by atoms with E-state index in [2.05, 4.69) is 10.6 Å². The van der Waals surface area contributed by atoms with Crippen molar-refractivity contribution >= 4 is 17.6 Å². The van der Waals surface area contributed by atoms with E-state index in [0.29, 0.717) is 28.0 Å². The van der Waals surface area contributed by atoms with Crippen LogP contribution in [0.25, 0.3) is 11.1 Å². The van der Waals surface area contributed by atoms with E-state index >= 15 is 0 Å². The predicted octanol–water partition coefficient (Wildman–Crippen LogP) is 3.72. The van der Waals surface area contributed by atoms with Gasteiger partial charge in [-0.3, -0.25) is 9.59 Å². The second-order valence-electron chi connectivity index (χ2n) is 7.95. The standard InChI is InChI=1S/C25H23FN4O3/c1-15-6-7-17(19-5-4-12-29(2)24(19)32)13-21(15)27-23(31)20-14-30(3)25(33)28-22(20)16-8-10-18(26)11-9-16/h4-14,22H,1-3H3,(H,27,31)(H,28,33)/t22-/m0/s1. The van der Waals surface area contributed by atoms with Crippen molar-refractivity contribution in [1.82, 2.24) is 14.8 Å². The molecule has 0 unspecified atom stereocenters. The third-order valence-electron chi connectivity index (χ3n) is 5.62. The molecule has 7 nitrogen and oxygen atoms in total. The number of aromatic nitrogens is 1. The number of pyridine rings is 1. The van der Waals surface area contributed by atoms with Crippen LogP contribution in [0.1, 0.15) is 17.2 Å². The monoisotopic (exact) mass is 446 g/mol. The molecule has 0 saturated carbocycles. The molecule has 0 spiro atoms. The Bertz CT molecular complexity index is 1330. The molecule has 1 atom stereocenters. The summed E-state index contributed by atoms with van der Waals surface area (Å²) in [5, 5.41) is 5.68. The Morgan fingerprint density at radius 2 is 1.79 bits per heavy atom. The maximum atomic E-state index is 13.4. The highest BCUT2D eigenvalue weighted by Crippen LogP contribution is 2.29. The van der Waals surface area contributed by atoms with Crippen molar-refractivity contribution in [3.63, 3.8) is 0 Å². The van der Waals surface area contributed by atoms with Gasteiger partial charge in [-0.25, -0.2) is 9.18 Å². The van der Waals surface area contributed by atoms with Gasteiger partial charge in [-0.15, -0.1) is 0 Å². The molecule has 1 aliphatic rings. The summed E-state index contributed by atoms with van der Waals surface area (Å²) >= 11 is 0. The number of hydrogen-bond donors (Lipinski definition) is 2. The number of halogens is 1. The van der Waals surface area contributed by atoms with Crippen molar-refractivity contribution in [3.05, 3.63) is 99.9 Å². The Kier molecular flexibility index (Phi) is 5.83. The minimum Gasteiger partial charge on any atom is -0.327 e. The van der Waals surface area contributed by atoms with Crippen molar-refractivity contribution in [1.29, 1.82) is 0 Å². The molecule has 2 heterocycles. The second kappa shape index (κ2) is 8.74. The van der Waals surface area contributed by atoms with Gasteiger partial charge in [0.2, 0.25) is 0 Å². The van der Waals surface area contributed by atoms with E-state index in [1.807, 2.05) is 19.1 Å². The van der Waals surface area contributed by atoms with Gasteiger partial charge in [0.15, 0.2) is 0 Å².